The van der Waals surface area contributed by atoms with Gasteiger partial charge in [0.15, 0.2) is 0 Å². The third-order valence-electron chi connectivity index (χ3n) is 3.93. The van der Waals surface area contributed by atoms with Crippen LogP contribution in [-0.2, 0) is 11.2 Å². The molecule has 3 rings (SSSR count). The first-order valence-electron chi connectivity index (χ1n) is 8.98. The number of ether oxygens (including phenoxy) is 1. The minimum atomic E-state index is -0.596. The molecule has 0 atom stereocenters. The highest BCUT2D eigenvalue weighted by Gasteiger charge is 2.17. The summed E-state index contributed by atoms with van der Waals surface area (Å²) in [6, 6.07) is 12.9. The molecule has 28 heavy (non-hydrogen) atoms. The molecule has 1 heterocycles. The number of nitrogens with one attached hydrogen (secondary N) is 1. The fourth-order valence-corrected chi connectivity index (χ4v) is 2.81. The predicted octanol–water partition coefficient (Wildman–Crippen LogP) is 3.59. The van der Waals surface area contributed by atoms with E-state index in [9.17, 15) is 14.0 Å². The number of rotatable bonds is 4. The van der Waals surface area contributed by atoms with Crippen molar-refractivity contribution in [1.29, 1.82) is 0 Å². The Morgan fingerprint density at radius 3 is 2.57 bits per heavy atom. The van der Waals surface area contributed by atoms with Gasteiger partial charge in [-0.05, 0) is 51.1 Å². The number of para-hydroxylation sites is 1. The molecule has 1 N–H and O–H groups in total. The van der Waals surface area contributed by atoms with E-state index in [2.05, 4.69) is 10.3 Å². The van der Waals surface area contributed by atoms with Gasteiger partial charge in [-0.15, -0.1) is 0 Å². The van der Waals surface area contributed by atoms with Crippen molar-refractivity contribution in [2.24, 2.45) is 0 Å². The number of nitrogens with zero attached hydrogens (tertiary/aromatic N) is 2. The molecule has 0 aliphatic rings. The summed E-state index contributed by atoms with van der Waals surface area (Å²) in [6.07, 6.45) is -0.236. The van der Waals surface area contributed by atoms with E-state index < -0.39 is 17.5 Å². The molecular weight excluding hydrogens is 361 g/mol. The van der Waals surface area contributed by atoms with E-state index in [1.54, 1.807) is 45.0 Å². The standard InChI is InChI=1S/C21H22FN3O3/c1-21(2,3)28-20(27)23-12-11-18-24-17-10-9-14(22)13-16(17)19(26)25(18)15-7-5-4-6-8-15/h4-10,13H,11-12H2,1-3H3,(H,23,27). The molecule has 1 aromatic heterocycles. The molecule has 7 heteroatoms. The summed E-state index contributed by atoms with van der Waals surface area (Å²) in [5.41, 5.74) is 0.0776. The van der Waals surface area contributed by atoms with Gasteiger partial charge in [-0.2, -0.15) is 0 Å². The van der Waals surface area contributed by atoms with Crippen LogP contribution in [0.2, 0.25) is 0 Å². The molecule has 0 saturated heterocycles. The summed E-state index contributed by atoms with van der Waals surface area (Å²) < 4.78 is 20.3. The van der Waals surface area contributed by atoms with Gasteiger partial charge >= 0.3 is 6.09 Å². The molecule has 146 valence electrons. The Kier molecular flexibility index (Phi) is 5.44. The summed E-state index contributed by atoms with van der Waals surface area (Å²) in [4.78, 5) is 29.4. The smallest absolute Gasteiger partial charge is 0.407 e. The maximum absolute atomic E-state index is 13.6. The van der Waals surface area contributed by atoms with Crippen LogP contribution in [0.1, 0.15) is 26.6 Å². The van der Waals surface area contributed by atoms with Crippen molar-refractivity contribution in [2.75, 3.05) is 6.54 Å². The van der Waals surface area contributed by atoms with E-state index in [4.69, 9.17) is 4.74 Å². The number of halogens is 1. The third-order valence-corrected chi connectivity index (χ3v) is 3.93. The van der Waals surface area contributed by atoms with Gasteiger partial charge in [0.2, 0.25) is 0 Å². The SMILES string of the molecule is CC(C)(C)OC(=O)NCCc1nc2ccc(F)cc2c(=O)n1-c1ccccc1. The number of hydrogen-bond donors (Lipinski definition) is 1. The molecule has 2 aromatic carbocycles. The zero-order valence-corrected chi connectivity index (χ0v) is 16.0. The number of amides is 1. The average molecular weight is 383 g/mol. The minimum Gasteiger partial charge on any atom is -0.444 e. The lowest BCUT2D eigenvalue weighted by molar-refractivity contribution is 0.0528. The number of fused-ring (bicyclic) bond motifs is 1. The molecular formula is C21H22FN3O3. The second-order valence-corrected chi connectivity index (χ2v) is 7.34. The normalized spacial score (nSPS) is 11.4. The van der Waals surface area contributed by atoms with Crippen molar-refractivity contribution in [3.63, 3.8) is 0 Å². The van der Waals surface area contributed by atoms with E-state index in [0.29, 0.717) is 23.4 Å². The molecule has 0 aliphatic carbocycles. The van der Waals surface area contributed by atoms with Crippen LogP contribution in [0.15, 0.2) is 53.3 Å². The van der Waals surface area contributed by atoms with Crippen molar-refractivity contribution in [3.8, 4) is 5.69 Å². The first kappa shape index (κ1) is 19.5. The third kappa shape index (κ3) is 4.54. The molecule has 0 bridgehead atoms. The quantitative estimate of drug-likeness (QED) is 0.747. The molecule has 1 amide bonds. The van der Waals surface area contributed by atoms with Crippen molar-refractivity contribution in [3.05, 3.63) is 70.5 Å². The molecule has 0 aliphatic heterocycles. The number of benzene rings is 2. The van der Waals surface area contributed by atoms with Crippen molar-refractivity contribution in [2.45, 2.75) is 32.8 Å². The molecule has 0 fully saturated rings. The summed E-state index contributed by atoms with van der Waals surface area (Å²) in [5, 5.41) is 2.87. The maximum atomic E-state index is 13.6. The molecule has 6 nitrogen and oxygen atoms in total. The second-order valence-electron chi connectivity index (χ2n) is 7.34. The summed E-state index contributed by atoms with van der Waals surface area (Å²) in [7, 11) is 0. The van der Waals surface area contributed by atoms with Gasteiger partial charge < -0.3 is 10.1 Å². The lowest BCUT2D eigenvalue weighted by Crippen LogP contribution is -2.34. The number of aromatic nitrogens is 2. The lowest BCUT2D eigenvalue weighted by Gasteiger charge is -2.20. The van der Waals surface area contributed by atoms with E-state index in [0.717, 1.165) is 0 Å². The molecule has 0 radical (unpaired) electrons. The highest BCUT2D eigenvalue weighted by molar-refractivity contribution is 5.78. The largest absolute Gasteiger partial charge is 0.444 e. The Hall–Kier alpha value is -3.22. The Morgan fingerprint density at radius 1 is 1.18 bits per heavy atom. The summed E-state index contributed by atoms with van der Waals surface area (Å²) >= 11 is 0. The highest BCUT2D eigenvalue weighted by atomic mass is 19.1. The zero-order valence-electron chi connectivity index (χ0n) is 16.0. The fraction of sp³-hybridized carbons (Fsp3) is 0.286. The monoisotopic (exact) mass is 383 g/mol. The Bertz CT molecular complexity index is 1060. The topological polar surface area (TPSA) is 73.2 Å². The van der Waals surface area contributed by atoms with E-state index in [1.807, 2.05) is 6.07 Å². The van der Waals surface area contributed by atoms with Crippen LogP contribution < -0.4 is 10.9 Å². The number of hydrogen-bond acceptors (Lipinski definition) is 4. The fourth-order valence-electron chi connectivity index (χ4n) is 2.81. The van der Waals surface area contributed by atoms with Gasteiger partial charge in [0.1, 0.15) is 17.2 Å². The molecule has 0 spiro atoms. The predicted molar refractivity (Wildman–Crippen MR) is 105 cm³/mol. The van der Waals surface area contributed by atoms with E-state index in [1.165, 1.54) is 22.8 Å². The zero-order chi connectivity index (χ0) is 20.3. The van der Waals surface area contributed by atoms with Crippen molar-refractivity contribution >= 4 is 17.0 Å². The second kappa shape index (κ2) is 7.80. The maximum Gasteiger partial charge on any atom is 0.407 e. The lowest BCUT2D eigenvalue weighted by atomic mass is 10.2. The molecule has 3 aromatic rings. The van der Waals surface area contributed by atoms with Gasteiger partial charge in [0.05, 0.1) is 16.6 Å². The van der Waals surface area contributed by atoms with Crippen molar-refractivity contribution in [1.82, 2.24) is 14.9 Å². The number of carbonyl (C=O) groups excluding carboxylic acids is 1. The van der Waals surface area contributed by atoms with Gasteiger partial charge in [-0.25, -0.2) is 14.2 Å². The Balaban J connectivity index is 1.95. The van der Waals surface area contributed by atoms with Crippen LogP contribution in [0.3, 0.4) is 0 Å². The minimum absolute atomic E-state index is 0.202. The summed E-state index contributed by atoms with van der Waals surface area (Å²) in [5.74, 6) is -0.0308. The van der Waals surface area contributed by atoms with Crippen LogP contribution in [-0.4, -0.2) is 27.8 Å². The van der Waals surface area contributed by atoms with E-state index >= 15 is 0 Å². The van der Waals surface area contributed by atoms with Gasteiger partial charge in [-0.3, -0.25) is 9.36 Å². The highest BCUT2D eigenvalue weighted by Crippen LogP contribution is 2.15. The number of alkyl carbamates (subject to hydrolysis) is 1. The van der Waals surface area contributed by atoms with Crippen LogP contribution in [0.4, 0.5) is 9.18 Å². The van der Waals surface area contributed by atoms with E-state index in [-0.39, 0.29) is 17.5 Å². The molecule has 0 unspecified atom stereocenters. The number of carbonyl (C=O) groups is 1. The average Bonchev–Trinajstić information content (AvgIpc) is 2.62. The first-order chi connectivity index (χ1) is 13.2. The van der Waals surface area contributed by atoms with Crippen LogP contribution in [0, 0.1) is 5.82 Å². The van der Waals surface area contributed by atoms with Crippen LogP contribution in [0.5, 0.6) is 0 Å². The van der Waals surface area contributed by atoms with Gasteiger partial charge in [0, 0.05) is 13.0 Å². The Labute approximate surface area is 162 Å². The summed E-state index contributed by atoms with van der Waals surface area (Å²) in [6.45, 7) is 5.58. The van der Waals surface area contributed by atoms with Crippen molar-refractivity contribution < 1.29 is 13.9 Å². The molecule has 0 saturated carbocycles. The van der Waals surface area contributed by atoms with Crippen LogP contribution in [0.25, 0.3) is 16.6 Å². The first-order valence-corrected chi connectivity index (χ1v) is 8.98. The van der Waals surface area contributed by atoms with Gasteiger partial charge in [0.25, 0.3) is 5.56 Å². The Morgan fingerprint density at radius 2 is 1.89 bits per heavy atom. The van der Waals surface area contributed by atoms with Gasteiger partial charge in [-0.1, -0.05) is 18.2 Å². The van der Waals surface area contributed by atoms with Crippen LogP contribution >= 0.6 is 0 Å².